The zero-order valence-electron chi connectivity index (χ0n) is 11.8. The van der Waals surface area contributed by atoms with Crippen molar-refractivity contribution in [3.05, 3.63) is 35.9 Å². The standard InChI is InChI=1S/C14H18N6O/c1-2-21-14-18-12(17-13(19-14)20-15)16-11-8-10(11)9-6-4-3-5-7-9/h3-7,10-11H,2,8,15H2,1H3,(H2,16,17,18,19,20). The summed E-state index contributed by atoms with van der Waals surface area (Å²) in [5.41, 5.74) is 3.75. The lowest BCUT2D eigenvalue weighted by Gasteiger charge is -2.08. The Hall–Kier alpha value is -2.41. The first-order chi connectivity index (χ1) is 10.3. The van der Waals surface area contributed by atoms with Crippen LogP contribution in [0.25, 0.3) is 0 Å². The summed E-state index contributed by atoms with van der Waals surface area (Å²) in [6.07, 6.45) is 1.06. The second kappa shape index (κ2) is 5.92. The Morgan fingerprint density at radius 3 is 2.67 bits per heavy atom. The van der Waals surface area contributed by atoms with Crippen LogP contribution in [0, 0.1) is 0 Å². The molecule has 0 aliphatic heterocycles. The van der Waals surface area contributed by atoms with Gasteiger partial charge in [0.05, 0.1) is 6.61 Å². The Morgan fingerprint density at radius 2 is 1.95 bits per heavy atom. The van der Waals surface area contributed by atoms with E-state index >= 15 is 0 Å². The molecule has 3 rings (SSSR count). The minimum absolute atomic E-state index is 0.264. The van der Waals surface area contributed by atoms with Crippen LogP contribution < -0.4 is 21.3 Å². The van der Waals surface area contributed by atoms with Crippen LogP contribution in [0.1, 0.15) is 24.8 Å². The molecule has 1 aliphatic carbocycles. The van der Waals surface area contributed by atoms with E-state index in [-0.39, 0.29) is 12.0 Å². The summed E-state index contributed by atoms with van der Waals surface area (Å²) in [5.74, 6) is 6.62. The molecule has 1 aliphatic rings. The Morgan fingerprint density at radius 1 is 1.19 bits per heavy atom. The SMILES string of the molecule is CCOc1nc(NN)nc(NC2CC2c2ccccc2)n1. The maximum absolute atomic E-state index is 5.36. The highest BCUT2D eigenvalue weighted by molar-refractivity contribution is 5.40. The van der Waals surface area contributed by atoms with Gasteiger partial charge < -0.3 is 10.1 Å². The van der Waals surface area contributed by atoms with Gasteiger partial charge in [-0.2, -0.15) is 15.0 Å². The van der Waals surface area contributed by atoms with Crippen molar-refractivity contribution in [1.29, 1.82) is 0 Å². The lowest BCUT2D eigenvalue weighted by atomic mass is 10.1. The van der Waals surface area contributed by atoms with Gasteiger partial charge >= 0.3 is 6.01 Å². The quantitative estimate of drug-likeness (QED) is 0.547. The molecule has 2 atom stereocenters. The molecule has 7 heteroatoms. The second-order valence-corrected chi connectivity index (χ2v) is 4.85. The van der Waals surface area contributed by atoms with Crippen molar-refractivity contribution < 1.29 is 4.74 Å². The van der Waals surface area contributed by atoms with E-state index in [1.54, 1.807) is 0 Å². The van der Waals surface area contributed by atoms with Crippen LogP contribution in [0.2, 0.25) is 0 Å². The predicted octanol–water partition coefficient (Wildman–Crippen LogP) is 1.52. The van der Waals surface area contributed by atoms with E-state index in [1.165, 1.54) is 5.56 Å². The van der Waals surface area contributed by atoms with Crippen molar-refractivity contribution in [3.63, 3.8) is 0 Å². The summed E-state index contributed by atoms with van der Waals surface area (Å²) in [4.78, 5) is 12.4. The number of nitrogens with zero attached hydrogens (tertiary/aromatic N) is 3. The highest BCUT2D eigenvalue weighted by Crippen LogP contribution is 2.42. The molecule has 4 N–H and O–H groups in total. The molecule has 0 saturated heterocycles. The number of nitrogens with two attached hydrogens (primary N) is 1. The number of rotatable bonds is 6. The molecule has 7 nitrogen and oxygen atoms in total. The molecule has 1 fully saturated rings. The number of hydrogen-bond acceptors (Lipinski definition) is 7. The van der Waals surface area contributed by atoms with Crippen LogP contribution in [0.3, 0.4) is 0 Å². The summed E-state index contributed by atoms with van der Waals surface area (Å²) in [5, 5.41) is 3.30. The van der Waals surface area contributed by atoms with Crippen LogP contribution in [0.4, 0.5) is 11.9 Å². The van der Waals surface area contributed by atoms with E-state index in [1.807, 2.05) is 13.0 Å². The molecular formula is C14H18N6O. The topological polar surface area (TPSA) is 98.0 Å². The molecule has 0 radical (unpaired) electrons. The summed E-state index contributed by atoms with van der Waals surface area (Å²) in [6.45, 7) is 2.36. The van der Waals surface area contributed by atoms with Gasteiger partial charge in [0.1, 0.15) is 0 Å². The highest BCUT2D eigenvalue weighted by Gasteiger charge is 2.38. The Kier molecular flexibility index (Phi) is 3.83. The fraction of sp³-hybridized carbons (Fsp3) is 0.357. The number of nitrogen functional groups attached to an aromatic ring is 1. The zero-order chi connectivity index (χ0) is 14.7. The summed E-state index contributed by atoms with van der Waals surface area (Å²) in [6, 6.07) is 11.0. The Bertz CT molecular complexity index is 606. The lowest BCUT2D eigenvalue weighted by molar-refractivity contribution is 0.312. The smallest absolute Gasteiger partial charge is 0.323 e. The van der Waals surface area contributed by atoms with E-state index in [2.05, 4.69) is 50.0 Å². The number of hydrogen-bond donors (Lipinski definition) is 3. The zero-order valence-corrected chi connectivity index (χ0v) is 11.8. The summed E-state index contributed by atoms with van der Waals surface area (Å²) < 4.78 is 5.30. The Balaban J connectivity index is 1.70. The highest BCUT2D eigenvalue weighted by atomic mass is 16.5. The third kappa shape index (κ3) is 3.19. The molecule has 2 unspecified atom stereocenters. The average molecular weight is 286 g/mol. The van der Waals surface area contributed by atoms with Gasteiger partial charge in [-0.05, 0) is 18.9 Å². The molecule has 1 heterocycles. The van der Waals surface area contributed by atoms with E-state index in [9.17, 15) is 0 Å². The number of ether oxygens (including phenoxy) is 1. The fourth-order valence-electron chi connectivity index (χ4n) is 2.27. The maximum Gasteiger partial charge on any atom is 0.323 e. The van der Waals surface area contributed by atoms with Gasteiger partial charge in [-0.25, -0.2) is 5.84 Å². The van der Waals surface area contributed by atoms with Crippen LogP contribution in [0.15, 0.2) is 30.3 Å². The van der Waals surface area contributed by atoms with Gasteiger partial charge in [0.2, 0.25) is 11.9 Å². The van der Waals surface area contributed by atoms with Crippen molar-refractivity contribution in [2.45, 2.75) is 25.3 Å². The maximum atomic E-state index is 5.36. The second-order valence-electron chi connectivity index (χ2n) is 4.85. The minimum atomic E-state index is 0.264. The van der Waals surface area contributed by atoms with Gasteiger partial charge in [0.15, 0.2) is 0 Å². The molecule has 1 aromatic heterocycles. The third-order valence-electron chi connectivity index (χ3n) is 3.35. The van der Waals surface area contributed by atoms with Crippen molar-refractivity contribution in [2.75, 3.05) is 17.3 Å². The van der Waals surface area contributed by atoms with Crippen LogP contribution in [-0.4, -0.2) is 27.6 Å². The molecule has 0 amide bonds. The minimum Gasteiger partial charge on any atom is -0.464 e. The monoisotopic (exact) mass is 286 g/mol. The molecule has 1 aromatic carbocycles. The molecule has 0 bridgehead atoms. The van der Waals surface area contributed by atoms with Crippen molar-refractivity contribution >= 4 is 11.9 Å². The average Bonchev–Trinajstić information content (AvgIpc) is 3.27. The van der Waals surface area contributed by atoms with E-state index in [0.717, 1.165) is 6.42 Å². The normalized spacial score (nSPS) is 19.9. The summed E-state index contributed by atoms with van der Waals surface area (Å²) >= 11 is 0. The molecule has 2 aromatic rings. The van der Waals surface area contributed by atoms with Crippen molar-refractivity contribution in [3.8, 4) is 6.01 Å². The predicted molar refractivity (Wildman–Crippen MR) is 80.0 cm³/mol. The van der Waals surface area contributed by atoms with Gasteiger partial charge in [-0.3, -0.25) is 5.43 Å². The van der Waals surface area contributed by atoms with Gasteiger partial charge in [-0.1, -0.05) is 30.3 Å². The number of hydrazine groups is 1. The number of nitrogens with one attached hydrogen (secondary N) is 2. The van der Waals surface area contributed by atoms with Crippen LogP contribution in [0.5, 0.6) is 6.01 Å². The molecular weight excluding hydrogens is 268 g/mol. The van der Waals surface area contributed by atoms with Gasteiger partial charge in [0.25, 0.3) is 0 Å². The third-order valence-corrected chi connectivity index (χ3v) is 3.35. The molecule has 1 saturated carbocycles. The summed E-state index contributed by atoms with van der Waals surface area (Å²) in [7, 11) is 0. The van der Waals surface area contributed by atoms with Crippen molar-refractivity contribution in [1.82, 2.24) is 15.0 Å². The fourth-order valence-corrected chi connectivity index (χ4v) is 2.27. The van der Waals surface area contributed by atoms with Crippen LogP contribution >= 0.6 is 0 Å². The molecule has 0 spiro atoms. The first-order valence-electron chi connectivity index (χ1n) is 6.97. The van der Waals surface area contributed by atoms with Crippen molar-refractivity contribution in [2.24, 2.45) is 5.84 Å². The Labute approximate surface area is 122 Å². The largest absolute Gasteiger partial charge is 0.464 e. The van der Waals surface area contributed by atoms with Crippen LogP contribution in [-0.2, 0) is 0 Å². The van der Waals surface area contributed by atoms with E-state index < -0.39 is 0 Å². The number of benzene rings is 1. The van der Waals surface area contributed by atoms with E-state index in [4.69, 9.17) is 10.6 Å². The molecule has 21 heavy (non-hydrogen) atoms. The number of anilines is 2. The van der Waals surface area contributed by atoms with E-state index in [0.29, 0.717) is 24.5 Å². The molecule has 110 valence electrons. The lowest BCUT2D eigenvalue weighted by Crippen LogP contribution is -2.15. The first-order valence-corrected chi connectivity index (χ1v) is 6.97. The first kappa shape index (κ1) is 13.6. The number of aromatic nitrogens is 3. The van der Waals surface area contributed by atoms with Gasteiger partial charge in [-0.15, -0.1) is 0 Å². The van der Waals surface area contributed by atoms with Gasteiger partial charge in [0, 0.05) is 12.0 Å².